The van der Waals surface area contributed by atoms with Crippen molar-refractivity contribution >= 4 is 28.6 Å². The average molecular weight is 476 g/mol. The van der Waals surface area contributed by atoms with Crippen molar-refractivity contribution in [2.75, 3.05) is 12.3 Å². The van der Waals surface area contributed by atoms with Gasteiger partial charge in [0, 0.05) is 6.54 Å². The minimum Gasteiger partial charge on any atom is -0.355 e. The van der Waals surface area contributed by atoms with E-state index in [0.717, 1.165) is 16.8 Å². The minimum absolute atomic E-state index is 0.123. The second-order valence-corrected chi connectivity index (χ2v) is 9.22. The lowest BCUT2D eigenvalue weighted by Crippen LogP contribution is -2.28. The fraction of sp³-hybridized carbons (Fsp3) is 0.222. The van der Waals surface area contributed by atoms with Gasteiger partial charge in [-0.05, 0) is 53.8 Å². The molecule has 4 aromatic rings. The minimum atomic E-state index is -0.280. The van der Waals surface area contributed by atoms with Crippen molar-refractivity contribution in [2.24, 2.45) is 0 Å². The van der Waals surface area contributed by atoms with Crippen molar-refractivity contribution in [3.63, 3.8) is 0 Å². The number of carbonyl (C=O) groups excluding carboxylic acids is 1. The molecule has 1 N–H and O–H groups in total. The third-order valence-electron chi connectivity index (χ3n) is 5.53. The average Bonchev–Trinajstić information content (AvgIpc) is 2.84. The molecule has 0 fully saturated rings. The van der Waals surface area contributed by atoms with E-state index in [2.05, 4.69) is 19.2 Å². The lowest BCUT2D eigenvalue weighted by molar-refractivity contribution is -0.118. The number of aromatic nitrogens is 2. The number of carbonyl (C=O) groups is 1. The number of fused-ring (bicyclic) bond motifs is 1. The molecule has 0 atom stereocenters. The molecular weight excluding hydrogens is 449 g/mol. The molecular formula is C27H26FN3O2S. The lowest BCUT2D eigenvalue weighted by Gasteiger charge is -2.18. The van der Waals surface area contributed by atoms with E-state index in [9.17, 15) is 14.0 Å². The highest BCUT2D eigenvalue weighted by atomic mass is 32.2. The van der Waals surface area contributed by atoms with Gasteiger partial charge < -0.3 is 5.32 Å². The summed E-state index contributed by atoms with van der Waals surface area (Å²) in [4.78, 5) is 30.8. The van der Waals surface area contributed by atoms with Crippen LogP contribution in [0.1, 0.15) is 30.9 Å². The fourth-order valence-corrected chi connectivity index (χ4v) is 4.61. The second kappa shape index (κ2) is 10.7. The first kappa shape index (κ1) is 23.7. The zero-order valence-electron chi connectivity index (χ0n) is 19.1. The normalized spacial score (nSPS) is 11.2. The van der Waals surface area contributed by atoms with Gasteiger partial charge in [-0.2, -0.15) is 0 Å². The van der Waals surface area contributed by atoms with Crippen molar-refractivity contribution in [3.8, 4) is 5.69 Å². The highest BCUT2D eigenvalue weighted by Gasteiger charge is 2.17. The number of amides is 1. The van der Waals surface area contributed by atoms with Gasteiger partial charge in [0.15, 0.2) is 5.16 Å². The highest BCUT2D eigenvalue weighted by Crippen LogP contribution is 2.27. The van der Waals surface area contributed by atoms with Gasteiger partial charge in [-0.15, -0.1) is 0 Å². The molecule has 0 bridgehead atoms. The zero-order chi connectivity index (χ0) is 24.1. The predicted octanol–water partition coefficient (Wildman–Crippen LogP) is 5.10. The molecule has 0 saturated carbocycles. The standard InChI is InChI=1S/C27H26FN3O2S/c1-18(2)21-7-4-6-10-24(21)31-26(33)22-8-3-5-9-23(22)30-27(31)34-17-25(32)29-16-15-19-11-13-20(28)14-12-19/h3-14,18H,15-17H2,1-2H3,(H,29,32). The van der Waals surface area contributed by atoms with Crippen LogP contribution in [0.15, 0.2) is 82.7 Å². The van der Waals surface area contributed by atoms with Crippen molar-refractivity contribution in [2.45, 2.75) is 31.3 Å². The van der Waals surface area contributed by atoms with Gasteiger partial charge in [-0.1, -0.05) is 68.1 Å². The molecule has 0 saturated heterocycles. The number of halogens is 1. The summed E-state index contributed by atoms with van der Waals surface area (Å²) in [7, 11) is 0. The molecule has 0 aliphatic heterocycles. The molecule has 5 nitrogen and oxygen atoms in total. The van der Waals surface area contributed by atoms with Crippen molar-refractivity contribution in [1.82, 2.24) is 14.9 Å². The number of benzene rings is 3. The van der Waals surface area contributed by atoms with E-state index in [4.69, 9.17) is 4.98 Å². The van der Waals surface area contributed by atoms with E-state index >= 15 is 0 Å². The fourth-order valence-electron chi connectivity index (χ4n) is 3.78. The summed E-state index contributed by atoms with van der Waals surface area (Å²) < 4.78 is 14.7. The summed E-state index contributed by atoms with van der Waals surface area (Å²) in [5.41, 5.74) is 3.21. The Kier molecular flexibility index (Phi) is 7.43. The SMILES string of the molecule is CC(C)c1ccccc1-n1c(SCC(=O)NCCc2ccc(F)cc2)nc2ccccc2c1=O. The van der Waals surface area contributed by atoms with Gasteiger partial charge in [0.2, 0.25) is 5.91 Å². The molecule has 0 spiro atoms. The maximum absolute atomic E-state index is 13.5. The Morgan fingerprint density at radius 2 is 1.74 bits per heavy atom. The van der Waals surface area contributed by atoms with Gasteiger partial charge in [0.1, 0.15) is 5.82 Å². The molecule has 34 heavy (non-hydrogen) atoms. The van der Waals surface area contributed by atoms with E-state index in [-0.39, 0.29) is 29.0 Å². The third-order valence-corrected chi connectivity index (χ3v) is 6.46. The van der Waals surface area contributed by atoms with Gasteiger partial charge in [-0.3, -0.25) is 14.2 Å². The quantitative estimate of drug-likeness (QED) is 0.285. The van der Waals surface area contributed by atoms with E-state index < -0.39 is 0 Å². The Hall–Kier alpha value is -3.45. The van der Waals surface area contributed by atoms with Crippen molar-refractivity contribution < 1.29 is 9.18 Å². The van der Waals surface area contributed by atoms with Crippen LogP contribution in [0.25, 0.3) is 16.6 Å². The van der Waals surface area contributed by atoms with Crippen LogP contribution in [0.2, 0.25) is 0 Å². The third kappa shape index (κ3) is 5.37. The summed E-state index contributed by atoms with van der Waals surface area (Å²) in [5, 5.41) is 3.90. The van der Waals surface area contributed by atoms with Crippen LogP contribution in [0.4, 0.5) is 4.39 Å². The van der Waals surface area contributed by atoms with Crippen LogP contribution in [0.5, 0.6) is 0 Å². The summed E-state index contributed by atoms with van der Waals surface area (Å²) in [5.74, 6) is -0.101. The molecule has 1 amide bonds. The van der Waals surface area contributed by atoms with E-state index in [1.54, 1.807) is 22.8 Å². The first-order chi connectivity index (χ1) is 16.4. The molecule has 0 aliphatic carbocycles. The first-order valence-electron chi connectivity index (χ1n) is 11.2. The summed E-state index contributed by atoms with van der Waals surface area (Å²) in [6.45, 7) is 4.61. The second-order valence-electron chi connectivity index (χ2n) is 8.28. The maximum Gasteiger partial charge on any atom is 0.266 e. The number of nitrogens with zero attached hydrogens (tertiary/aromatic N) is 2. The highest BCUT2D eigenvalue weighted by molar-refractivity contribution is 7.99. The number of thioether (sulfide) groups is 1. The first-order valence-corrected chi connectivity index (χ1v) is 12.2. The molecule has 0 radical (unpaired) electrons. The van der Waals surface area contributed by atoms with Crippen molar-refractivity contribution in [3.05, 3.63) is 100 Å². The molecule has 1 heterocycles. The zero-order valence-corrected chi connectivity index (χ0v) is 19.9. The molecule has 0 unspecified atom stereocenters. The topological polar surface area (TPSA) is 64.0 Å². The van der Waals surface area contributed by atoms with Gasteiger partial charge in [0.25, 0.3) is 5.56 Å². The Balaban J connectivity index is 1.57. The van der Waals surface area contributed by atoms with Gasteiger partial charge >= 0.3 is 0 Å². The Bertz CT molecular complexity index is 1370. The van der Waals surface area contributed by atoms with Crippen LogP contribution in [-0.2, 0) is 11.2 Å². The molecule has 3 aromatic carbocycles. The lowest BCUT2D eigenvalue weighted by atomic mass is 10.0. The van der Waals surface area contributed by atoms with Gasteiger partial charge in [-0.25, -0.2) is 9.37 Å². The smallest absolute Gasteiger partial charge is 0.266 e. The molecule has 174 valence electrons. The van der Waals surface area contributed by atoms with Crippen LogP contribution >= 0.6 is 11.8 Å². The number of hydrogen-bond donors (Lipinski definition) is 1. The number of nitrogens with one attached hydrogen (secondary N) is 1. The van der Waals surface area contributed by atoms with E-state index in [0.29, 0.717) is 29.0 Å². The summed E-state index contributed by atoms with van der Waals surface area (Å²) in [6, 6.07) is 21.3. The molecule has 4 rings (SSSR count). The largest absolute Gasteiger partial charge is 0.355 e. The van der Waals surface area contributed by atoms with Gasteiger partial charge in [0.05, 0.1) is 22.3 Å². The summed E-state index contributed by atoms with van der Waals surface area (Å²) >= 11 is 1.24. The maximum atomic E-state index is 13.5. The number of hydrogen-bond acceptors (Lipinski definition) is 4. The Morgan fingerprint density at radius 1 is 1.03 bits per heavy atom. The molecule has 0 aliphatic rings. The number of para-hydroxylation sites is 2. The monoisotopic (exact) mass is 475 g/mol. The number of rotatable bonds is 8. The van der Waals surface area contributed by atoms with Crippen LogP contribution in [0.3, 0.4) is 0 Å². The van der Waals surface area contributed by atoms with E-state index in [1.165, 1.54) is 23.9 Å². The van der Waals surface area contributed by atoms with E-state index in [1.807, 2.05) is 42.5 Å². The Morgan fingerprint density at radius 3 is 2.50 bits per heavy atom. The molecule has 1 aromatic heterocycles. The predicted molar refractivity (Wildman–Crippen MR) is 135 cm³/mol. The Labute approximate surface area is 202 Å². The van der Waals surface area contributed by atoms with Crippen LogP contribution in [-0.4, -0.2) is 27.8 Å². The van der Waals surface area contributed by atoms with Crippen LogP contribution < -0.4 is 10.9 Å². The summed E-state index contributed by atoms with van der Waals surface area (Å²) in [6.07, 6.45) is 0.609. The molecule has 7 heteroatoms. The van der Waals surface area contributed by atoms with Crippen molar-refractivity contribution in [1.29, 1.82) is 0 Å². The van der Waals surface area contributed by atoms with Crippen LogP contribution in [0, 0.1) is 5.82 Å².